The summed E-state index contributed by atoms with van der Waals surface area (Å²) in [6.45, 7) is 0.928. The van der Waals surface area contributed by atoms with Crippen molar-refractivity contribution in [1.29, 1.82) is 0 Å². The second kappa shape index (κ2) is 8.73. The van der Waals surface area contributed by atoms with E-state index in [2.05, 4.69) is 5.32 Å². The third-order valence-corrected chi connectivity index (χ3v) is 3.92. The molecule has 0 saturated heterocycles. The second-order valence-corrected chi connectivity index (χ2v) is 5.70. The Bertz CT molecular complexity index is 729. The molecule has 3 amide bonds. The maximum absolute atomic E-state index is 12.5. The highest BCUT2D eigenvalue weighted by Crippen LogP contribution is 2.18. The lowest BCUT2D eigenvalue weighted by Crippen LogP contribution is -2.29. The molecule has 3 N–H and O–H groups in total. The van der Waals surface area contributed by atoms with E-state index in [1.165, 1.54) is 0 Å². The van der Waals surface area contributed by atoms with Gasteiger partial charge in [-0.25, -0.2) is 4.79 Å². The second-order valence-electron chi connectivity index (χ2n) is 5.70. The quantitative estimate of drug-likeness (QED) is 0.809. The average Bonchev–Trinajstić information content (AvgIpc) is 2.64. The molecule has 0 fully saturated rings. The van der Waals surface area contributed by atoms with Crippen LogP contribution in [0.15, 0.2) is 48.5 Å². The van der Waals surface area contributed by atoms with Crippen LogP contribution in [0.4, 0.5) is 4.79 Å². The van der Waals surface area contributed by atoms with E-state index in [9.17, 15) is 9.59 Å². The van der Waals surface area contributed by atoms with E-state index in [0.29, 0.717) is 25.1 Å². The number of amides is 3. The van der Waals surface area contributed by atoms with Crippen molar-refractivity contribution < 1.29 is 14.3 Å². The summed E-state index contributed by atoms with van der Waals surface area (Å²) in [6, 6.07) is 14.3. The van der Waals surface area contributed by atoms with Crippen molar-refractivity contribution in [3.05, 3.63) is 65.2 Å². The first-order valence-corrected chi connectivity index (χ1v) is 8.01. The molecule has 0 spiro atoms. The number of hydrogen-bond donors (Lipinski definition) is 2. The smallest absolute Gasteiger partial charge is 0.312 e. The molecule has 0 aliphatic heterocycles. The molecule has 6 nitrogen and oxygen atoms in total. The largest absolute Gasteiger partial charge is 0.496 e. The topological polar surface area (TPSA) is 84.7 Å². The van der Waals surface area contributed by atoms with Crippen molar-refractivity contribution >= 4 is 11.9 Å². The molecule has 0 bridgehead atoms. The maximum Gasteiger partial charge on any atom is 0.312 e. The lowest BCUT2D eigenvalue weighted by atomic mass is 10.1. The summed E-state index contributed by atoms with van der Waals surface area (Å²) in [6.07, 6.45) is 0.715. The van der Waals surface area contributed by atoms with E-state index in [1.54, 1.807) is 43.3 Å². The first kappa shape index (κ1) is 18.3. The lowest BCUT2D eigenvalue weighted by Gasteiger charge is -2.18. The van der Waals surface area contributed by atoms with Gasteiger partial charge in [-0.3, -0.25) is 4.79 Å². The van der Waals surface area contributed by atoms with Gasteiger partial charge >= 0.3 is 6.03 Å². The predicted molar refractivity (Wildman–Crippen MR) is 96.5 cm³/mol. The summed E-state index contributed by atoms with van der Waals surface area (Å²) >= 11 is 0. The highest BCUT2D eigenvalue weighted by molar-refractivity contribution is 5.94. The number of carbonyl (C=O) groups excluding carboxylic acids is 2. The van der Waals surface area contributed by atoms with Crippen LogP contribution in [-0.2, 0) is 13.0 Å². The van der Waals surface area contributed by atoms with Crippen molar-refractivity contribution in [2.24, 2.45) is 5.73 Å². The van der Waals surface area contributed by atoms with Gasteiger partial charge in [0, 0.05) is 25.7 Å². The highest BCUT2D eigenvalue weighted by atomic mass is 16.5. The molecular weight excluding hydrogens is 318 g/mol. The molecule has 0 heterocycles. The third-order valence-electron chi connectivity index (χ3n) is 3.92. The molecule has 0 unspecified atom stereocenters. The Morgan fingerprint density at radius 2 is 1.80 bits per heavy atom. The number of para-hydroxylation sites is 1. The number of likely N-dealkylation sites (N-methyl/N-ethyl adjacent to an activating group) is 1. The molecule has 0 saturated carbocycles. The minimum Gasteiger partial charge on any atom is -0.496 e. The van der Waals surface area contributed by atoms with Crippen molar-refractivity contribution in [2.75, 3.05) is 20.7 Å². The minimum absolute atomic E-state index is 0.0516. The molecule has 0 aliphatic rings. The van der Waals surface area contributed by atoms with Gasteiger partial charge in [0.05, 0.1) is 7.11 Å². The Labute approximate surface area is 147 Å². The molecular formula is C19H23N3O3. The first-order chi connectivity index (χ1) is 12.0. The van der Waals surface area contributed by atoms with Gasteiger partial charge in [0.1, 0.15) is 5.75 Å². The fraction of sp³-hybridized carbons (Fsp3) is 0.263. The molecule has 0 aliphatic carbocycles. The Kier molecular flexibility index (Phi) is 6.39. The van der Waals surface area contributed by atoms with Crippen LogP contribution in [-0.4, -0.2) is 37.5 Å². The van der Waals surface area contributed by atoms with Crippen molar-refractivity contribution in [3.8, 4) is 5.75 Å². The standard InChI is InChI=1S/C19H23N3O3/c1-22(12-11-15-5-3-4-6-17(15)25-2)18(23)16-9-7-14(8-10-16)13-21-19(20)24/h3-10H,11-13H2,1-2H3,(H3,20,21,24). The molecule has 0 atom stereocenters. The van der Waals surface area contributed by atoms with Crippen LogP contribution in [0.2, 0.25) is 0 Å². The number of ether oxygens (including phenoxy) is 1. The molecule has 132 valence electrons. The van der Waals surface area contributed by atoms with Crippen LogP contribution < -0.4 is 15.8 Å². The van der Waals surface area contributed by atoms with Crippen LogP contribution in [0, 0.1) is 0 Å². The highest BCUT2D eigenvalue weighted by Gasteiger charge is 2.12. The number of nitrogens with two attached hydrogens (primary N) is 1. The van der Waals surface area contributed by atoms with Gasteiger partial charge in [0.15, 0.2) is 0 Å². The Balaban J connectivity index is 1.94. The van der Waals surface area contributed by atoms with Crippen LogP contribution in [0.5, 0.6) is 5.75 Å². The minimum atomic E-state index is -0.573. The summed E-state index contributed by atoms with van der Waals surface area (Å²) in [5.74, 6) is 0.777. The summed E-state index contributed by atoms with van der Waals surface area (Å²) in [5, 5.41) is 2.51. The third kappa shape index (κ3) is 5.24. The van der Waals surface area contributed by atoms with E-state index in [0.717, 1.165) is 16.9 Å². The van der Waals surface area contributed by atoms with Crippen LogP contribution in [0.25, 0.3) is 0 Å². The fourth-order valence-corrected chi connectivity index (χ4v) is 2.47. The summed E-state index contributed by atoms with van der Waals surface area (Å²) < 4.78 is 5.33. The lowest BCUT2D eigenvalue weighted by molar-refractivity contribution is 0.0796. The van der Waals surface area contributed by atoms with E-state index < -0.39 is 6.03 Å². The summed E-state index contributed by atoms with van der Waals surface area (Å²) in [7, 11) is 3.42. The Morgan fingerprint density at radius 1 is 1.12 bits per heavy atom. The first-order valence-electron chi connectivity index (χ1n) is 8.01. The molecule has 2 aromatic rings. The Morgan fingerprint density at radius 3 is 2.44 bits per heavy atom. The maximum atomic E-state index is 12.5. The molecule has 0 aromatic heterocycles. The molecule has 2 aromatic carbocycles. The van der Waals surface area contributed by atoms with Crippen LogP contribution in [0.1, 0.15) is 21.5 Å². The summed E-state index contributed by atoms with van der Waals surface area (Å²) in [4.78, 5) is 24.9. The van der Waals surface area contributed by atoms with E-state index in [-0.39, 0.29) is 5.91 Å². The number of hydrogen-bond acceptors (Lipinski definition) is 3. The van der Waals surface area contributed by atoms with E-state index >= 15 is 0 Å². The number of carbonyl (C=O) groups is 2. The van der Waals surface area contributed by atoms with E-state index in [1.807, 2.05) is 24.3 Å². The number of rotatable bonds is 7. The van der Waals surface area contributed by atoms with Crippen molar-refractivity contribution in [3.63, 3.8) is 0 Å². The van der Waals surface area contributed by atoms with Gasteiger partial charge in [0.25, 0.3) is 5.91 Å². The molecule has 6 heteroatoms. The fourth-order valence-electron chi connectivity index (χ4n) is 2.47. The Hall–Kier alpha value is -3.02. The van der Waals surface area contributed by atoms with Crippen molar-refractivity contribution in [2.45, 2.75) is 13.0 Å². The number of benzene rings is 2. The monoisotopic (exact) mass is 341 g/mol. The van der Waals surface area contributed by atoms with Gasteiger partial charge in [-0.1, -0.05) is 30.3 Å². The average molecular weight is 341 g/mol. The van der Waals surface area contributed by atoms with Gasteiger partial charge in [-0.05, 0) is 35.7 Å². The molecule has 0 radical (unpaired) electrons. The van der Waals surface area contributed by atoms with Gasteiger partial charge < -0.3 is 20.7 Å². The zero-order valence-electron chi connectivity index (χ0n) is 14.5. The van der Waals surface area contributed by atoms with Crippen molar-refractivity contribution in [1.82, 2.24) is 10.2 Å². The number of methoxy groups -OCH3 is 1. The zero-order chi connectivity index (χ0) is 18.2. The number of nitrogens with zero attached hydrogens (tertiary/aromatic N) is 1. The normalized spacial score (nSPS) is 10.2. The van der Waals surface area contributed by atoms with Gasteiger partial charge in [-0.15, -0.1) is 0 Å². The van der Waals surface area contributed by atoms with Crippen LogP contribution in [0.3, 0.4) is 0 Å². The predicted octanol–water partition coefficient (Wildman–Crippen LogP) is 2.18. The number of primary amides is 1. The number of nitrogens with one attached hydrogen (secondary N) is 1. The molecule has 2 rings (SSSR count). The number of urea groups is 1. The zero-order valence-corrected chi connectivity index (χ0v) is 14.5. The SMILES string of the molecule is COc1ccccc1CCN(C)C(=O)c1ccc(CNC(N)=O)cc1. The summed E-state index contributed by atoms with van der Waals surface area (Å²) in [5.41, 5.74) is 7.59. The molecule has 25 heavy (non-hydrogen) atoms. The van der Waals surface area contributed by atoms with Gasteiger partial charge in [0.2, 0.25) is 0 Å². The van der Waals surface area contributed by atoms with E-state index in [4.69, 9.17) is 10.5 Å². The van der Waals surface area contributed by atoms with Crippen LogP contribution >= 0.6 is 0 Å². The van der Waals surface area contributed by atoms with Gasteiger partial charge in [-0.2, -0.15) is 0 Å².